The molecule has 0 saturated carbocycles. The van der Waals surface area contributed by atoms with E-state index in [2.05, 4.69) is 9.71 Å². The molecule has 2 rings (SSSR count). The molecule has 1 aromatic carbocycles. The molecule has 0 spiro atoms. The molecule has 0 saturated heterocycles. The van der Waals surface area contributed by atoms with Gasteiger partial charge >= 0.3 is 0 Å². The van der Waals surface area contributed by atoms with Crippen molar-refractivity contribution in [2.75, 3.05) is 4.72 Å². The van der Waals surface area contributed by atoms with Crippen molar-refractivity contribution in [3.8, 4) is 6.07 Å². The number of rotatable bonds is 5. The lowest BCUT2D eigenvalue weighted by Gasteiger charge is -2.05. The van der Waals surface area contributed by atoms with Crippen LogP contribution in [0.2, 0.25) is 0 Å². The van der Waals surface area contributed by atoms with Gasteiger partial charge in [0.05, 0.1) is 17.4 Å². The fraction of sp³-hybridized carbons (Fsp3) is 0.154. The molecule has 0 aliphatic carbocycles. The van der Waals surface area contributed by atoms with E-state index in [0.29, 0.717) is 0 Å². The third-order valence-electron chi connectivity index (χ3n) is 2.60. The van der Waals surface area contributed by atoms with Gasteiger partial charge in [0.15, 0.2) is 10.9 Å². The number of nitrogens with zero attached hydrogens (tertiary/aromatic N) is 2. The molecule has 2 aromatic rings. The number of carbonyl (C=O) groups excluding carboxylic acids is 1. The van der Waals surface area contributed by atoms with Crippen molar-refractivity contribution in [1.82, 2.24) is 4.98 Å². The van der Waals surface area contributed by atoms with Gasteiger partial charge in [-0.05, 0) is 17.7 Å². The number of hydrogen-bond donors (Lipinski definition) is 1. The average molecular weight is 321 g/mol. The Labute approximate surface area is 126 Å². The quantitative estimate of drug-likeness (QED) is 0.851. The molecular formula is C13H11N3O3S2. The largest absolute Gasteiger partial charge is 0.293 e. The molecule has 0 atom stereocenters. The Kier molecular flexibility index (Phi) is 4.35. The predicted molar refractivity (Wildman–Crippen MR) is 78.7 cm³/mol. The number of sulfonamides is 1. The van der Waals surface area contributed by atoms with Gasteiger partial charge in [-0.2, -0.15) is 5.26 Å². The topological polar surface area (TPSA) is 99.9 Å². The van der Waals surface area contributed by atoms with Gasteiger partial charge in [0.2, 0.25) is 0 Å². The zero-order valence-electron chi connectivity index (χ0n) is 11.0. The average Bonchev–Trinajstić information content (AvgIpc) is 2.88. The van der Waals surface area contributed by atoms with Gasteiger partial charge in [-0.3, -0.25) is 9.52 Å². The fourth-order valence-corrected chi connectivity index (χ4v) is 3.54. The van der Waals surface area contributed by atoms with Crippen LogP contribution < -0.4 is 4.72 Å². The highest BCUT2D eigenvalue weighted by Gasteiger charge is 2.16. The van der Waals surface area contributed by atoms with Gasteiger partial charge < -0.3 is 0 Å². The molecule has 0 unspecified atom stereocenters. The van der Waals surface area contributed by atoms with Crippen molar-refractivity contribution in [3.63, 3.8) is 0 Å². The summed E-state index contributed by atoms with van der Waals surface area (Å²) >= 11 is 1.05. The van der Waals surface area contributed by atoms with Crippen LogP contribution in [0.5, 0.6) is 0 Å². The molecule has 108 valence electrons. The van der Waals surface area contributed by atoms with Crippen LogP contribution in [0.15, 0.2) is 34.5 Å². The van der Waals surface area contributed by atoms with Crippen LogP contribution in [-0.2, 0) is 16.4 Å². The van der Waals surface area contributed by atoms with Crippen LogP contribution in [0.25, 0.3) is 0 Å². The maximum absolute atomic E-state index is 12.2. The Morgan fingerprint density at radius 1 is 1.38 bits per heavy atom. The molecule has 0 fully saturated rings. The van der Waals surface area contributed by atoms with Crippen LogP contribution in [0.3, 0.4) is 0 Å². The highest BCUT2D eigenvalue weighted by Crippen LogP contribution is 2.20. The van der Waals surface area contributed by atoms with Crippen molar-refractivity contribution in [2.24, 2.45) is 0 Å². The Balaban J connectivity index is 2.21. The van der Waals surface area contributed by atoms with Crippen LogP contribution >= 0.6 is 11.3 Å². The van der Waals surface area contributed by atoms with Crippen molar-refractivity contribution in [2.45, 2.75) is 18.2 Å². The van der Waals surface area contributed by atoms with Crippen LogP contribution in [0.1, 0.15) is 23.0 Å². The molecule has 0 aliphatic rings. The van der Waals surface area contributed by atoms with Gasteiger partial charge in [-0.25, -0.2) is 13.4 Å². The molecule has 0 aliphatic heterocycles. The standard InChI is InChI=1S/C13H11N3O3S2/c1-9(17)12-8-20-13(15-12)16-21(18,19)11-4-2-10(3-5-11)6-7-14/h2-5,8H,6H2,1H3,(H,15,16). The summed E-state index contributed by atoms with van der Waals surface area (Å²) in [6.07, 6.45) is 0.224. The zero-order valence-corrected chi connectivity index (χ0v) is 12.7. The molecule has 0 amide bonds. The Morgan fingerprint density at radius 3 is 2.57 bits per heavy atom. The summed E-state index contributed by atoms with van der Waals surface area (Å²) in [4.78, 5) is 15.1. The number of thiazole rings is 1. The van der Waals surface area contributed by atoms with Crippen molar-refractivity contribution in [1.29, 1.82) is 5.26 Å². The van der Waals surface area contributed by atoms with E-state index in [-0.39, 0.29) is 27.9 Å². The summed E-state index contributed by atoms with van der Waals surface area (Å²) in [5, 5.41) is 10.2. The highest BCUT2D eigenvalue weighted by molar-refractivity contribution is 7.93. The van der Waals surface area contributed by atoms with Crippen LogP contribution in [0.4, 0.5) is 5.13 Å². The first-order valence-electron chi connectivity index (χ1n) is 5.87. The number of ketones is 1. The number of anilines is 1. The normalized spacial score (nSPS) is 10.9. The highest BCUT2D eigenvalue weighted by atomic mass is 32.2. The summed E-state index contributed by atoms with van der Waals surface area (Å²) in [5.74, 6) is -0.224. The van der Waals surface area contributed by atoms with Gasteiger partial charge in [-0.1, -0.05) is 12.1 Å². The van der Waals surface area contributed by atoms with Gasteiger partial charge in [0, 0.05) is 12.3 Å². The zero-order chi connectivity index (χ0) is 15.5. The van der Waals surface area contributed by atoms with E-state index in [0.717, 1.165) is 16.9 Å². The van der Waals surface area contributed by atoms with Gasteiger partial charge in [-0.15, -0.1) is 11.3 Å². The molecule has 1 N–H and O–H groups in total. The van der Waals surface area contributed by atoms with E-state index in [1.54, 1.807) is 12.1 Å². The summed E-state index contributed by atoms with van der Waals surface area (Å²) in [6, 6.07) is 8.01. The summed E-state index contributed by atoms with van der Waals surface area (Å²) < 4.78 is 26.6. The molecular weight excluding hydrogens is 310 g/mol. The minimum absolute atomic E-state index is 0.0729. The first kappa shape index (κ1) is 15.2. The molecule has 0 bridgehead atoms. The fourth-order valence-electron chi connectivity index (χ4n) is 1.53. The van der Waals surface area contributed by atoms with Crippen molar-refractivity contribution in [3.05, 3.63) is 40.9 Å². The van der Waals surface area contributed by atoms with Crippen molar-refractivity contribution < 1.29 is 13.2 Å². The smallest absolute Gasteiger partial charge is 0.263 e. The lowest BCUT2D eigenvalue weighted by Crippen LogP contribution is -2.13. The van der Waals surface area contributed by atoms with E-state index in [1.807, 2.05) is 6.07 Å². The third kappa shape index (κ3) is 3.65. The molecule has 8 heteroatoms. The molecule has 0 radical (unpaired) electrons. The van der Waals surface area contributed by atoms with E-state index in [4.69, 9.17) is 5.26 Å². The second-order valence-corrected chi connectivity index (χ2v) is 6.72. The maximum Gasteiger partial charge on any atom is 0.263 e. The number of nitrogens with one attached hydrogen (secondary N) is 1. The molecule has 1 heterocycles. The van der Waals surface area contributed by atoms with E-state index < -0.39 is 10.0 Å². The number of benzene rings is 1. The van der Waals surface area contributed by atoms with Gasteiger partial charge in [0.25, 0.3) is 10.0 Å². The summed E-state index contributed by atoms with van der Waals surface area (Å²) in [5.41, 5.74) is 0.964. The predicted octanol–water partition coefficient (Wildman–Crippen LogP) is 2.21. The lowest BCUT2D eigenvalue weighted by atomic mass is 10.2. The SMILES string of the molecule is CC(=O)c1csc(NS(=O)(=O)c2ccc(CC#N)cc2)n1. The number of Topliss-reactive ketones (excluding diaryl/α,β-unsaturated/α-hetero) is 1. The first-order chi connectivity index (χ1) is 9.92. The summed E-state index contributed by atoms with van der Waals surface area (Å²) in [7, 11) is -3.75. The number of nitriles is 1. The second-order valence-electron chi connectivity index (χ2n) is 4.18. The molecule has 6 nitrogen and oxygen atoms in total. The van der Waals surface area contributed by atoms with Gasteiger partial charge in [0.1, 0.15) is 5.69 Å². The molecule has 1 aromatic heterocycles. The number of carbonyl (C=O) groups is 1. The van der Waals surface area contributed by atoms with Crippen LogP contribution in [0, 0.1) is 11.3 Å². The molecule has 21 heavy (non-hydrogen) atoms. The van der Waals surface area contributed by atoms with E-state index in [9.17, 15) is 13.2 Å². The Morgan fingerprint density at radius 2 is 2.05 bits per heavy atom. The number of aromatic nitrogens is 1. The third-order valence-corrected chi connectivity index (χ3v) is 4.85. The lowest BCUT2D eigenvalue weighted by molar-refractivity contribution is 0.101. The minimum atomic E-state index is -3.75. The van der Waals surface area contributed by atoms with E-state index in [1.165, 1.54) is 24.4 Å². The van der Waals surface area contributed by atoms with E-state index >= 15 is 0 Å². The Bertz CT molecular complexity index is 802. The van der Waals surface area contributed by atoms with Crippen molar-refractivity contribution >= 4 is 32.3 Å². The monoisotopic (exact) mass is 321 g/mol. The van der Waals surface area contributed by atoms with Crippen LogP contribution in [-0.4, -0.2) is 19.2 Å². The summed E-state index contributed by atoms with van der Waals surface area (Å²) in [6.45, 7) is 1.36. The first-order valence-corrected chi connectivity index (χ1v) is 8.24. The second kappa shape index (κ2) is 6.03. The number of hydrogen-bond acceptors (Lipinski definition) is 6. The maximum atomic E-state index is 12.2. The minimum Gasteiger partial charge on any atom is -0.293 e. The Hall–Kier alpha value is -2.24.